The van der Waals surface area contributed by atoms with E-state index in [0.29, 0.717) is 0 Å². The number of rotatable bonds is 1. The lowest BCUT2D eigenvalue weighted by atomic mass is 13.7. The predicted octanol–water partition coefficient (Wildman–Crippen LogP) is 1.19. The molecule has 0 aliphatic carbocycles. The van der Waals surface area contributed by atoms with E-state index >= 15 is 0 Å². The molecule has 4 heteroatoms. The van der Waals surface area contributed by atoms with E-state index in [0.717, 1.165) is 11.6 Å². The van der Waals surface area contributed by atoms with Crippen LogP contribution in [0, 0.1) is 4.91 Å². The van der Waals surface area contributed by atoms with Gasteiger partial charge in [0.2, 0.25) is 0 Å². The summed E-state index contributed by atoms with van der Waals surface area (Å²) >= 11 is 0.843. The third kappa shape index (κ3) is 2.38. The molecule has 1 unspecified atom stereocenters. The second kappa shape index (κ2) is 3.38. The van der Waals surface area contributed by atoms with Crippen molar-refractivity contribution in [1.82, 2.24) is 0 Å². The Labute approximate surface area is 30.4 Å². The molecule has 0 fully saturated rings. The second-order valence-corrected chi connectivity index (χ2v) is 1.17. The maximum absolute atomic E-state index is 8.87. The van der Waals surface area contributed by atoms with Crippen molar-refractivity contribution in [3.63, 3.8) is 0 Å². The molecule has 0 heterocycles. The Kier molecular flexibility index (Phi) is 3.70. The van der Waals surface area contributed by atoms with E-state index in [1.165, 1.54) is 0 Å². The van der Waals surface area contributed by atoms with Crippen LogP contribution in [0.3, 0.4) is 0 Å². The molecule has 0 amide bonds. The average Bonchev–Trinajstić information content (AvgIpc) is 1.37. The van der Waals surface area contributed by atoms with Gasteiger partial charge >= 0.3 is 0 Å². The summed E-state index contributed by atoms with van der Waals surface area (Å²) in [7, 11) is 2.09. The largest absolute Gasteiger partial charge is 0.137 e. The summed E-state index contributed by atoms with van der Waals surface area (Å²) in [6.07, 6.45) is 0. The molecule has 0 spiro atoms. The quantitative estimate of drug-likeness (QED) is 0.278. The van der Waals surface area contributed by atoms with Crippen LogP contribution >= 0.6 is 20.0 Å². The van der Waals surface area contributed by atoms with Gasteiger partial charge in [0.25, 0.3) is 0 Å². The summed E-state index contributed by atoms with van der Waals surface area (Å²) in [5, 5.41) is 0. The van der Waals surface area contributed by atoms with Crippen molar-refractivity contribution in [3.05, 3.63) is 4.91 Å². The van der Waals surface area contributed by atoms with Crippen molar-refractivity contribution in [2.24, 2.45) is 4.58 Å². The van der Waals surface area contributed by atoms with Crippen LogP contribution in [0.2, 0.25) is 0 Å². The monoisotopic (exact) mass is 95.0 g/mol. The zero-order valence-corrected chi connectivity index (χ0v) is 3.81. The van der Waals surface area contributed by atoms with E-state index in [1.807, 2.05) is 0 Å². The fraction of sp³-hybridized carbons (Fsp3) is 0. The normalized spacial score (nSPS) is 6.25. The van der Waals surface area contributed by atoms with E-state index < -0.39 is 0 Å². The lowest BCUT2D eigenvalue weighted by Crippen LogP contribution is -1.08. The summed E-state index contributed by atoms with van der Waals surface area (Å²) in [6.45, 7) is 0. The molecule has 0 bridgehead atoms. The summed E-state index contributed by atoms with van der Waals surface area (Å²) in [4.78, 5) is 8.87. The molecule has 0 aromatic rings. The Balaban J connectivity index is 2.30. The molecule has 0 aliphatic rings. The first-order valence-corrected chi connectivity index (χ1v) is 2.85. The molecule has 0 aliphatic heterocycles. The van der Waals surface area contributed by atoms with E-state index in [4.69, 9.17) is 4.91 Å². The lowest BCUT2D eigenvalue weighted by molar-refractivity contribution is 1.90. The van der Waals surface area contributed by atoms with Crippen LogP contribution in [-0.4, -0.2) is 0 Å². The molecule has 24 valence electrons. The Bertz CT molecular complexity index is 22.0. The highest BCUT2D eigenvalue weighted by molar-refractivity contribution is 8.43. The van der Waals surface area contributed by atoms with Gasteiger partial charge in [-0.15, -0.1) is 4.91 Å². The number of nitrogens with zero attached hydrogens (tertiary/aromatic N) is 1. The van der Waals surface area contributed by atoms with Gasteiger partial charge in [-0.3, -0.25) is 0 Å². The molecule has 0 radical (unpaired) electrons. The standard InChI is InChI=1S/H2NOPS/c2-1-4-3/h3H2. The fourth-order valence-corrected chi connectivity index (χ4v) is 0. The van der Waals surface area contributed by atoms with Gasteiger partial charge in [-0.05, 0) is 8.44 Å². The smallest absolute Gasteiger partial charge is 0.0398 e. The molecule has 2 nitrogen and oxygen atoms in total. The van der Waals surface area contributed by atoms with Crippen molar-refractivity contribution >= 4 is 20.0 Å². The highest BCUT2D eigenvalue weighted by atomic mass is 32.7. The first kappa shape index (κ1) is 4.38. The minimum atomic E-state index is 0.843. The van der Waals surface area contributed by atoms with Crippen molar-refractivity contribution in [2.45, 2.75) is 0 Å². The third-order valence-electron chi connectivity index (χ3n) is 0.0430. The Morgan fingerprint density at radius 3 is 2.25 bits per heavy atom. The predicted molar refractivity (Wildman–Crippen MR) is 23.1 cm³/mol. The van der Waals surface area contributed by atoms with Gasteiger partial charge in [0.05, 0.1) is 0 Å². The first-order chi connectivity index (χ1) is 1.91. The van der Waals surface area contributed by atoms with Gasteiger partial charge in [-0.1, -0.05) is 0 Å². The zero-order chi connectivity index (χ0) is 3.41. The Hall–Kier alpha value is 0.380. The zero-order valence-electron chi connectivity index (χ0n) is 1.84. The number of hydrogen-bond acceptors (Lipinski definition) is 3. The van der Waals surface area contributed by atoms with Crippen LogP contribution in [0.15, 0.2) is 4.58 Å². The van der Waals surface area contributed by atoms with Crippen molar-refractivity contribution in [2.75, 3.05) is 0 Å². The summed E-state index contributed by atoms with van der Waals surface area (Å²) in [6, 6.07) is 0. The molecule has 0 aromatic carbocycles. The van der Waals surface area contributed by atoms with E-state index in [1.54, 1.807) is 0 Å². The number of nitroso groups, excluding NO2 is 1. The Morgan fingerprint density at radius 2 is 2.25 bits per heavy atom. The van der Waals surface area contributed by atoms with Crippen LogP contribution < -0.4 is 0 Å². The molecule has 0 saturated carbocycles. The van der Waals surface area contributed by atoms with Crippen LogP contribution in [0.4, 0.5) is 0 Å². The maximum atomic E-state index is 8.87. The van der Waals surface area contributed by atoms with Crippen molar-refractivity contribution in [1.29, 1.82) is 0 Å². The van der Waals surface area contributed by atoms with Gasteiger partial charge in [0, 0.05) is 16.1 Å². The number of hydrogen-bond donors (Lipinski definition) is 0. The second-order valence-electron chi connectivity index (χ2n) is 0.180. The van der Waals surface area contributed by atoms with E-state index in [-0.39, 0.29) is 0 Å². The van der Waals surface area contributed by atoms with Crippen LogP contribution in [0.1, 0.15) is 0 Å². The van der Waals surface area contributed by atoms with Crippen LogP contribution in [0.25, 0.3) is 0 Å². The maximum Gasteiger partial charge on any atom is 0.0398 e. The van der Waals surface area contributed by atoms with Gasteiger partial charge in [-0.2, -0.15) is 0 Å². The topological polar surface area (TPSA) is 29.4 Å². The first-order valence-electron chi connectivity index (χ1n) is 0.601. The van der Waals surface area contributed by atoms with Gasteiger partial charge in [-0.25, -0.2) is 0 Å². The molecule has 0 saturated heterocycles. The SMILES string of the molecule is O=NSP. The van der Waals surface area contributed by atoms with Gasteiger partial charge in [0.15, 0.2) is 0 Å². The average molecular weight is 95.1 g/mol. The molecule has 0 rings (SSSR count). The van der Waals surface area contributed by atoms with Gasteiger partial charge in [0.1, 0.15) is 0 Å². The minimum Gasteiger partial charge on any atom is -0.137 e. The van der Waals surface area contributed by atoms with E-state index in [9.17, 15) is 0 Å². The lowest BCUT2D eigenvalue weighted by Gasteiger charge is -1.51. The third-order valence-corrected chi connectivity index (χ3v) is 0.387. The summed E-state index contributed by atoms with van der Waals surface area (Å²) in [5.41, 5.74) is 0. The molecular formula is H2NOPS. The fourth-order valence-electron chi connectivity index (χ4n) is 0. The molecule has 1 atom stereocenters. The van der Waals surface area contributed by atoms with Crippen molar-refractivity contribution in [3.8, 4) is 0 Å². The molecular weight excluding hydrogens is 93.0 g/mol. The highest BCUT2D eigenvalue weighted by Crippen LogP contribution is 2.08. The summed E-state index contributed by atoms with van der Waals surface area (Å²) in [5.74, 6) is 0. The molecule has 4 heavy (non-hydrogen) atoms. The molecule has 0 aromatic heterocycles. The summed E-state index contributed by atoms with van der Waals surface area (Å²) < 4.78 is 2.37. The Morgan fingerprint density at radius 1 is 2.00 bits per heavy atom. The van der Waals surface area contributed by atoms with Gasteiger partial charge < -0.3 is 0 Å². The van der Waals surface area contributed by atoms with E-state index in [2.05, 4.69) is 13.0 Å². The van der Waals surface area contributed by atoms with Crippen molar-refractivity contribution < 1.29 is 0 Å². The van der Waals surface area contributed by atoms with Crippen LogP contribution in [-0.2, 0) is 0 Å². The molecule has 0 N–H and O–H groups in total. The van der Waals surface area contributed by atoms with Crippen LogP contribution in [0.5, 0.6) is 0 Å². The highest BCUT2D eigenvalue weighted by Gasteiger charge is 1.51. The minimum absolute atomic E-state index is 0.843.